The lowest BCUT2D eigenvalue weighted by Crippen LogP contribution is -2.46. The number of rotatable bonds is 3. The summed E-state index contributed by atoms with van der Waals surface area (Å²) in [5.74, 6) is 0.930. The predicted octanol–water partition coefficient (Wildman–Crippen LogP) is 1.30. The Labute approximate surface area is 117 Å². The van der Waals surface area contributed by atoms with Gasteiger partial charge in [0.2, 0.25) is 5.91 Å². The summed E-state index contributed by atoms with van der Waals surface area (Å²) in [4.78, 5) is 16.9. The zero-order chi connectivity index (χ0) is 14.0. The molecule has 2 rings (SSSR count). The Bertz CT molecular complexity index is 321. The minimum atomic E-state index is 0.139. The van der Waals surface area contributed by atoms with E-state index in [1.807, 2.05) is 11.9 Å². The van der Waals surface area contributed by atoms with E-state index in [4.69, 9.17) is 5.73 Å². The molecule has 2 aliphatic rings. The van der Waals surface area contributed by atoms with Gasteiger partial charge in [-0.1, -0.05) is 6.92 Å². The van der Waals surface area contributed by atoms with Crippen molar-refractivity contribution in [2.45, 2.75) is 51.1 Å². The summed E-state index contributed by atoms with van der Waals surface area (Å²) in [6.45, 7) is 4.23. The molecule has 1 aliphatic heterocycles. The number of nitrogens with two attached hydrogens (primary N) is 1. The molecule has 2 fully saturated rings. The molecular weight excluding hydrogens is 238 g/mol. The van der Waals surface area contributed by atoms with Crippen molar-refractivity contribution in [3.8, 4) is 0 Å². The summed E-state index contributed by atoms with van der Waals surface area (Å²) in [5, 5.41) is 0. The molecule has 4 unspecified atom stereocenters. The van der Waals surface area contributed by atoms with Crippen molar-refractivity contribution in [1.82, 2.24) is 9.80 Å². The molecule has 2 N–H and O–H groups in total. The number of nitrogens with zero attached hydrogens (tertiary/aromatic N) is 2. The molecule has 4 nitrogen and oxygen atoms in total. The van der Waals surface area contributed by atoms with Gasteiger partial charge in [0.25, 0.3) is 0 Å². The van der Waals surface area contributed by atoms with Crippen molar-refractivity contribution in [2.75, 3.05) is 27.2 Å². The third kappa shape index (κ3) is 3.48. The lowest BCUT2D eigenvalue weighted by atomic mass is 9.77. The molecule has 1 heterocycles. The first kappa shape index (κ1) is 14.8. The molecular formula is C15H29N3O. The Morgan fingerprint density at radius 3 is 2.74 bits per heavy atom. The van der Waals surface area contributed by atoms with E-state index in [2.05, 4.69) is 18.9 Å². The minimum Gasteiger partial charge on any atom is -0.344 e. The van der Waals surface area contributed by atoms with Crippen LogP contribution in [-0.4, -0.2) is 55.0 Å². The molecule has 0 aromatic rings. The quantitative estimate of drug-likeness (QED) is 0.838. The van der Waals surface area contributed by atoms with E-state index < -0.39 is 0 Å². The van der Waals surface area contributed by atoms with E-state index in [0.717, 1.165) is 32.4 Å². The first-order valence-corrected chi connectivity index (χ1v) is 7.69. The second-order valence-electron chi connectivity index (χ2n) is 6.65. The first-order chi connectivity index (χ1) is 8.99. The highest BCUT2D eigenvalue weighted by molar-refractivity contribution is 5.79. The first-order valence-electron chi connectivity index (χ1n) is 7.69. The van der Waals surface area contributed by atoms with E-state index in [0.29, 0.717) is 17.9 Å². The Kier molecular flexibility index (Phi) is 4.85. The van der Waals surface area contributed by atoms with Gasteiger partial charge in [0.05, 0.1) is 0 Å². The number of carbonyl (C=O) groups is 1. The van der Waals surface area contributed by atoms with E-state index in [1.54, 1.807) is 0 Å². The average Bonchev–Trinajstić information content (AvgIpc) is 2.77. The molecule has 0 spiro atoms. The zero-order valence-electron chi connectivity index (χ0n) is 12.6. The van der Waals surface area contributed by atoms with Crippen LogP contribution in [0.15, 0.2) is 0 Å². The standard InChI is InChI=1S/C15H29N3O/c1-11-6-7-12(16)9-14(11)15(19)18(3)10-13-5-4-8-17(13)2/h11-14H,4-10,16H2,1-3H3. The molecule has 19 heavy (non-hydrogen) atoms. The third-order valence-electron chi connectivity index (χ3n) is 5.09. The van der Waals surface area contributed by atoms with Gasteiger partial charge in [0, 0.05) is 31.6 Å². The van der Waals surface area contributed by atoms with Gasteiger partial charge in [0.1, 0.15) is 0 Å². The van der Waals surface area contributed by atoms with Gasteiger partial charge in [-0.15, -0.1) is 0 Å². The van der Waals surface area contributed by atoms with Gasteiger partial charge < -0.3 is 15.5 Å². The van der Waals surface area contributed by atoms with Gasteiger partial charge in [-0.2, -0.15) is 0 Å². The molecule has 1 amide bonds. The molecule has 0 bridgehead atoms. The predicted molar refractivity (Wildman–Crippen MR) is 77.8 cm³/mol. The van der Waals surface area contributed by atoms with Crippen molar-refractivity contribution in [2.24, 2.45) is 17.6 Å². The summed E-state index contributed by atoms with van der Waals surface area (Å²) in [6, 6.07) is 0.759. The Morgan fingerprint density at radius 1 is 1.37 bits per heavy atom. The summed E-state index contributed by atoms with van der Waals surface area (Å²) in [5.41, 5.74) is 6.03. The number of carbonyl (C=O) groups excluding carboxylic acids is 1. The van der Waals surface area contributed by atoms with Crippen molar-refractivity contribution in [3.63, 3.8) is 0 Å². The highest BCUT2D eigenvalue weighted by atomic mass is 16.2. The molecule has 0 radical (unpaired) electrons. The summed E-state index contributed by atoms with van der Waals surface area (Å²) >= 11 is 0. The SMILES string of the molecule is CC1CCC(N)CC1C(=O)N(C)CC1CCCN1C. The van der Waals surface area contributed by atoms with Crippen LogP contribution in [0.1, 0.15) is 39.0 Å². The topological polar surface area (TPSA) is 49.6 Å². The van der Waals surface area contributed by atoms with Gasteiger partial charge in [-0.3, -0.25) is 4.79 Å². The fourth-order valence-corrected chi connectivity index (χ4v) is 3.60. The second kappa shape index (κ2) is 6.23. The number of hydrogen-bond donors (Lipinski definition) is 1. The van der Waals surface area contributed by atoms with E-state index in [-0.39, 0.29) is 12.0 Å². The number of likely N-dealkylation sites (tertiary alicyclic amines) is 1. The fraction of sp³-hybridized carbons (Fsp3) is 0.933. The molecule has 1 aliphatic carbocycles. The van der Waals surface area contributed by atoms with Crippen LogP contribution in [0, 0.1) is 11.8 Å². The minimum absolute atomic E-state index is 0.139. The summed E-state index contributed by atoms with van der Waals surface area (Å²) in [6.07, 6.45) is 5.50. The fourth-order valence-electron chi connectivity index (χ4n) is 3.60. The van der Waals surface area contributed by atoms with Crippen LogP contribution >= 0.6 is 0 Å². The molecule has 1 saturated heterocycles. The Balaban J connectivity index is 1.90. The number of amides is 1. The maximum atomic E-state index is 12.6. The van der Waals surface area contributed by atoms with E-state index >= 15 is 0 Å². The maximum Gasteiger partial charge on any atom is 0.225 e. The van der Waals surface area contributed by atoms with Crippen LogP contribution in [0.2, 0.25) is 0 Å². The van der Waals surface area contributed by atoms with Crippen molar-refractivity contribution in [3.05, 3.63) is 0 Å². The zero-order valence-corrected chi connectivity index (χ0v) is 12.6. The summed E-state index contributed by atoms with van der Waals surface area (Å²) < 4.78 is 0. The lowest BCUT2D eigenvalue weighted by Gasteiger charge is -2.35. The Hall–Kier alpha value is -0.610. The van der Waals surface area contributed by atoms with Gasteiger partial charge in [0.15, 0.2) is 0 Å². The van der Waals surface area contributed by atoms with Crippen LogP contribution in [0.3, 0.4) is 0 Å². The largest absolute Gasteiger partial charge is 0.344 e. The van der Waals surface area contributed by atoms with E-state index in [1.165, 1.54) is 12.8 Å². The Morgan fingerprint density at radius 2 is 2.11 bits per heavy atom. The highest BCUT2D eigenvalue weighted by Crippen LogP contribution is 2.30. The third-order valence-corrected chi connectivity index (χ3v) is 5.09. The molecule has 110 valence electrons. The molecule has 4 atom stereocenters. The van der Waals surface area contributed by atoms with Gasteiger partial charge in [-0.25, -0.2) is 0 Å². The second-order valence-corrected chi connectivity index (χ2v) is 6.65. The summed E-state index contributed by atoms with van der Waals surface area (Å²) in [7, 11) is 4.12. The molecule has 1 saturated carbocycles. The smallest absolute Gasteiger partial charge is 0.225 e. The normalized spacial score (nSPS) is 36.4. The van der Waals surface area contributed by atoms with Crippen LogP contribution < -0.4 is 5.73 Å². The molecule has 0 aromatic heterocycles. The van der Waals surface area contributed by atoms with Crippen molar-refractivity contribution in [1.29, 1.82) is 0 Å². The van der Waals surface area contributed by atoms with Crippen LogP contribution in [-0.2, 0) is 4.79 Å². The van der Waals surface area contributed by atoms with Crippen LogP contribution in [0.5, 0.6) is 0 Å². The maximum absolute atomic E-state index is 12.6. The lowest BCUT2D eigenvalue weighted by molar-refractivity contribution is -0.137. The van der Waals surface area contributed by atoms with Crippen LogP contribution in [0.25, 0.3) is 0 Å². The van der Waals surface area contributed by atoms with E-state index in [9.17, 15) is 4.79 Å². The number of likely N-dealkylation sites (N-methyl/N-ethyl adjacent to an activating group) is 2. The van der Waals surface area contributed by atoms with Crippen molar-refractivity contribution < 1.29 is 4.79 Å². The van der Waals surface area contributed by atoms with Gasteiger partial charge in [-0.05, 0) is 51.6 Å². The number of hydrogen-bond acceptors (Lipinski definition) is 3. The molecule has 0 aromatic carbocycles. The average molecular weight is 267 g/mol. The highest BCUT2D eigenvalue weighted by Gasteiger charge is 2.34. The monoisotopic (exact) mass is 267 g/mol. The van der Waals surface area contributed by atoms with Crippen LogP contribution in [0.4, 0.5) is 0 Å². The molecule has 4 heteroatoms. The van der Waals surface area contributed by atoms with Gasteiger partial charge >= 0.3 is 0 Å². The van der Waals surface area contributed by atoms with Crippen molar-refractivity contribution >= 4 is 5.91 Å².